The van der Waals surface area contributed by atoms with Gasteiger partial charge in [0.25, 0.3) is 0 Å². The summed E-state index contributed by atoms with van der Waals surface area (Å²) in [4.78, 5) is 0. The Morgan fingerprint density at radius 2 is 1.92 bits per heavy atom. The van der Waals surface area contributed by atoms with E-state index in [4.69, 9.17) is 0 Å². The number of hydrogen-bond donors (Lipinski definition) is 0. The van der Waals surface area contributed by atoms with E-state index in [1.165, 1.54) is 32.1 Å². The second-order valence-corrected chi connectivity index (χ2v) is 5.40. The van der Waals surface area contributed by atoms with E-state index in [9.17, 15) is 0 Å². The van der Waals surface area contributed by atoms with Crippen molar-refractivity contribution in [2.75, 3.05) is 0 Å². The van der Waals surface area contributed by atoms with Gasteiger partial charge in [0.2, 0.25) is 0 Å². The van der Waals surface area contributed by atoms with Crippen molar-refractivity contribution >= 4 is 0 Å². The topological polar surface area (TPSA) is 0 Å². The van der Waals surface area contributed by atoms with Gasteiger partial charge < -0.3 is 0 Å². The molecule has 0 aromatic heterocycles. The minimum absolute atomic E-state index is 0.747. The van der Waals surface area contributed by atoms with Crippen LogP contribution in [0.5, 0.6) is 0 Å². The molecule has 0 radical (unpaired) electrons. The molecule has 0 heteroatoms. The van der Waals surface area contributed by atoms with Gasteiger partial charge in [-0.2, -0.15) is 0 Å². The normalized spacial score (nSPS) is 34.2. The molecule has 0 N–H and O–H groups in total. The minimum atomic E-state index is 0.747. The Morgan fingerprint density at radius 1 is 1.33 bits per heavy atom. The van der Waals surface area contributed by atoms with Crippen molar-refractivity contribution in [2.24, 2.45) is 17.3 Å². The highest BCUT2D eigenvalue weighted by molar-refractivity contribution is 4.95. The molecule has 0 saturated heterocycles. The van der Waals surface area contributed by atoms with Gasteiger partial charge in [0, 0.05) is 0 Å². The lowest BCUT2D eigenvalue weighted by atomic mass is 9.96. The molecule has 1 aliphatic rings. The Labute approximate surface area is 77.7 Å². The van der Waals surface area contributed by atoms with Crippen LogP contribution in [0.15, 0.2) is 0 Å². The third-order valence-corrected chi connectivity index (χ3v) is 3.58. The summed E-state index contributed by atoms with van der Waals surface area (Å²) < 4.78 is 0. The Kier molecular flexibility index (Phi) is 3.20. The molecule has 0 spiro atoms. The Morgan fingerprint density at radius 3 is 2.33 bits per heavy atom. The van der Waals surface area contributed by atoms with Crippen LogP contribution in [0.4, 0.5) is 0 Å². The summed E-state index contributed by atoms with van der Waals surface area (Å²) in [6, 6.07) is 0. The van der Waals surface area contributed by atoms with E-state index >= 15 is 0 Å². The van der Waals surface area contributed by atoms with Gasteiger partial charge in [-0.15, -0.1) is 0 Å². The molecular formula is C12H24. The first-order valence-electron chi connectivity index (χ1n) is 5.54. The van der Waals surface area contributed by atoms with Crippen LogP contribution in [-0.4, -0.2) is 0 Å². The highest BCUT2D eigenvalue weighted by Gasteiger charge is 2.45. The standard InChI is InChI=1S/C12H24/c1-10(2)7-5-6-8-12(4)9-11(12)3/h10-11H,5-9H2,1-4H3. The van der Waals surface area contributed by atoms with Gasteiger partial charge in [0.05, 0.1) is 0 Å². The summed E-state index contributed by atoms with van der Waals surface area (Å²) in [6.07, 6.45) is 7.28. The molecule has 1 aliphatic carbocycles. The van der Waals surface area contributed by atoms with Crippen LogP contribution in [0, 0.1) is 17.3 Å². The van der Waals surface area contributed by atoms with Crippen LogP contribution in [-0.2, 0) is 0 Å². The van der Waals surface area contributed by atoms with Gasteiger partial charge in [-0.25, -0.2) is 0 Å². The molecule has 12 heavy (non-hydrogen) atoms. The molecule has 2 unspecified atom stereocenters. The smallest absolute Gasteiger partial charge is 0.0297 e. The lowest BCUT2D eigenvalue weighted by Gasteiger charge is -2.09. The first-order valence-corrected chi connectivity index (χ1v) is 5.54. The molecule has 1 rings (SSSR count). The summed E-state index contributed by atoms with van der Waals surface area (Å²) in [5, 5.41) is 0. The maximum Gasteiger partial charge on any atom is -0.0297 e. The van der Waals surface area contributed by atoms with Crippen LogP contribution >= 0.6 is 0 Å². The highest BCUT2D eigenvalue weighted by Crippen LogP contribution is 2.55. The molecule has 0 bridgehead atoms. The summed E-state index contributed by atoms with van der Waals surface area (Å²) in [6.45, 7) is 9.48. The number of unbranched alkanes of at least 4 members (excludes halogenated alkanes) is 1. The predicted molar refractivity (Wildman–Crippen MR) is 55.2 cm³/mol. The average Bonchev–Trinajstić information content (AvgIpc) is 2.53. The van der Waals surface area contributed by atoms with E-state index in [-0.39, 0.29) is 0 Å². The molecule has 0 heterocycles. The third-order valence-electron chi connectivity index (χ3n) is 3.58. The molecule has 1 saturated carbocycles. The fourth-order valence-electron chi connectivity index (χ4n) is 2.07. The van der Waals surface area contributed by atoms with Crippen LogP contribution in [0.2, 0.25) is 0 Å². The van der Waals surface area contributed by atoms with Crippen LogP contribution in [0.3, 0.4) is 0 Å². The SMILES string of the molecule is CC(C)CCCCC1(C)CC1C. The third kappa shape index (κ3) is 2.80. The van der Waals surface area contributed by atoms with Crippen LogP contribution in [0.25, 0.3) is 0 Å². The van der Waals surface area contributed by atoms with Gasteiger partial charge in [0.15, 0.2) is 0 Å². The van der Waals surface area contributed by atoms with Gasteiger partial charge in [-0.3, -0.25) is 0 Å². The quantitative estimate of drug-likeness (QED) is 0.538. The van der Waals surface area contributed by atoms with Crippen molar-refractivity contribution in [1.82, 2.24) is 0 Å². The molecule has 2 atom stereocenters. The van der Waals surface area contributed by atoms with Gasteiger partial charge in [-0.1, -0.05) is 47.0 Å². The van der Waals surface area contributed by atoms with Crippen molar-refractivity contribution in [3.63, 3.8) is 0 Å². The zero-order valence-electron chi connectivity index (χ0n) is 9.19. The van der Waals surface area contributed by atoms with E-state index in [1.54, 1.807) is 0 Å². The second kappa shape index (κ2) is 3.81. The summed E-state index contributed by atoms with van der Waals surface area (Å²) in [7, 11) is 0. The number of rotatable bonds is 5. The Hall–Kier alpha value is 0. The van der Waals surface area contributed by atoms with Crippen molar-refractivity contribution in [3.8, 4) is 0 Å². The Bertz CT molecular complexity index is 137. The van der Waals surface area contributed by atoms with Gasteiger partial charge in [-0.05, 0) is 30.1 Å². The average molecular weight is 168 g/mol. The minimum Gasteiger partial charge on any atom is -0.0628 e. The predicted octanol–water partition coefficient (Wildman–Crippen LogP) is 4.25. The zero-order chi connectivity index (χ0) is 9.19. The lowest BCUT2D eigenvalue weighted by Crippen LogP contribution is -1.97. The van der Waals surface area contributed by atoms with Crippen molar-refractivity contribution in [1.29, 1.82) is 0 Å². The number of hydrogen-bond acceptors (Lipinski definition) is 0. The molecular weight excluding hydrogens is 144 g/mol. The van der Waals surface area contributed by atoms with Gasteiger partial charge >= 0.3 is 0 Å². The fourth-order valence-corrected chi connectivity index (χ4v) is 2.07. The first-order chi connectivity index (χ1) is 5.54. The molecule has 0 aromatic carbocycles. The van der Waals surface area contributed by atoms with Crippen molar-refractivity contribution in [2.45, 2.75) is 59.8 Å². The Balaban J connectivity index is 1.97. The van der Waals surface area contributed by atoms with E-state index in [0.29, 0.717) is 0 Å². The molecule has 0 aliphatic heterocycles. The van der Waals surface area contributed by atoms with Crippen molar-refractivity contribution < 1.29 is 0 Å². The maximum atomic E-state index is 2.45. The maximum absolute atomic E-state index is 2.45. The largest absolute Gasteiger partial charge is 0.0628 e. The molecule has 0 nitrogen and oxygen atoms in total. The fraction of sp³-hybridized carbons (Fsp3) is 1.00. The van der Waals surface area contributed by atoms with Crippen molar-refractivity contribution in [3.05, 3.63) is 0 Å². The van der Waals surface area contributed by atoms with E-state index in [1.807, 2.05) is 0 Å². The van der Waals surface area contributed by atoms with Gasteiger partial charge in [0.1, 0.15) is 0 Å². The summed E-state index contributed by atoms with van der Waals surface area (Å²) in [5.74, 6) is 1.91. The summed E-state index contributed by atoms with van der Waals surface area (Å²) >= 11 is 0. The highest BCUT2D eigenvalue weighted by atomic mass is 14.5. The summed E-state index contributed by atoms with van der Waals surface area (Å²) in [5.41, 5.74) is 0.747. The first kappa shape index (κ1) is 10.1. The molecule has 1 fully saturated rings. The molecule has 72 valence electrons. The van der Waals surface area contributed by atoms with Crippen LogP contribution < -0.4 is 0 Å². The monoisotopic (exact) mass is 168 g/mol. The zero-order valence-corrected chi connectivity index (χ0v) is 9.19. The van der Waals surface area contributed by atoms with E-state index in [0.717, 1.165) is 17.3 Å². The van der Waals surface area contributed by atoms with Crippen LogP contribution in [0.1, 0.15) is 59.8 Å². The van der Waals surface area contributed by atoms with E-state index < -0.39 is 0 Å². The second-order valence-electron chi connectivity index (χ2n) is 5.40. The molecule has 0 aromatic rings. The van der Waals surface area contributed by atoms with E-state index in [2.05, 4.69) is 27.7 Å². The molecule has 0 amide bonds. The lowest BCUT2D eigenvalue weighted by molar-refractivity contribution is 0.426.